The Balaban J connectivity index is 1.63. The van der Waals surface area contributed by atoms with Crippen LogP contribution in [0.2, 0.25) is 0 Å². The molecule has 0 N–H and O–H groups in total. The van der Waals surface area contributed by atoms with Crippen LogP contribution in [0.15, 0.2) is 42.5 Å². The Bertz CT molecular complexity index is 864. The molecule has 1 aliphatic carbocycles. The Hall–Kier alpha value is -3.02. The number of ether oxygens (including phenoxy) is 3. The molecule has 2 aromatic carbocycles. The third-order valence-electron chi connectivity index (χ3n) is 5.14. The smallest absolute Gasteiger partial charge is 0.338 e. The van der Waals surface area contributed by atoms with Gasteiger partial charge >= 0.3 is 5.97 Å². The van der Waals surface area contributed by atoms with Gasteiger partial charge in [0, 0.05) is 7.05 Å². The molecule has 1 aliphatic rings. The fourth-order valence-electron chi connectivity index (χ4n) is 3.58. The largest absolute Gasteiger partial charge is 0.493 e. The predicted molar refractivity (Wildman–Crippen MR) is 105 cm³/mol. The summed E-state index contributed by atoms with van der Waals surface area (Å²) in [6, 6.07) is 12.9. The molecule has 28 heavy (non-hydrogen) atoms. The molecule has 1 atom stereocenters. The van der Waals surface area contributed by atoms with E-state index in [1.54, 1.807) is 24.1 Å². The summed E-state index contributed by atoms with van der Waals surface area (Å²) in [5.74, 6) is 0.146. The van der Waals surface area contributed by atoms with Crippen LogP contribution in [0, 0.1) is 0 Å². The molecule has 0 heterocycles. The Morgan fingerprint density at radius 3 is 2.57 bits per heavy atom. The van der Waals surface area contributed by atoms with Crippen molar-refractivity contribution < 1.29 is 23.8 Å². The van der Waals surface area contributed by atoms with Crippen molar-refractivity contribution in [2.75, 3.05) is 27.9 Å². The molecule has 0 spiro atoms. The molecule has 0 saturated carbocycles. The third kappa shape index (κ3) is 4.11. The van der Waals surface area contributed by atoms with Gasteiger partial charge in [-0.1, -0.05) is 24.3 Å². The first-order valence-corrected chi connectivity index (χ1v) is 9.27. The number of rotatable bonds is 6. The van der Waals surface area contributed by atoms with Crippen molar-refractivity contribution in [3.63, 3.8) is 0 Å². The average molecular weight is 383 g/mol. The number of carbonyl (C=O) groups excluding carboxylic acids is 2. The molecule has 0 aromatic heterocycles. The minimum atomic E-state index is -0.577. The molecule has 0 radical (unpaired) electrons. The van der Waals surface area contributed by atoms with Gasteiger partial charge in [0.1, 0.15) is 0 Å². The van der Waals surface area contributed by atoms with Gasteiger partial charge in [-0.15, -0.1) is 0 Å². The Morgan fingerprint density at radius 2 is 1.82 bits per heavy atom. The monoisotopic (exact) mass is 383 g/mol. The van der Waals surface area contributed by atoms with E-state index in [1.807, 2.05) is 12.1 Å². The summed E-state index contributed by atoms with van der Waals surface area (Å²) in [6.07, 6.45) is 2.97. The average Bonchev–Trinajstić information content (AvgIpc) is 2.75. The van der Waals surface area contributed by atoms with Crippen LogP contribution in [0.3, 0.4) is 0 Å². The summed E-state index contributed by atoms with van der Waals surface area (Å²) in [6.45, 7) is -0.303. The maximum Gasteiger partial charge on any atom is 0.338 e. The highest BCUT2D eigenvalue weighted by Gasteiger charge is 2.27. The van der Waals surface area contributed by atoms with E-state index in [9.17, 15) is 9.59 Å². The van der Waals surface area contributed by atoms with Gasteiger partial charge in [0.05, 0.1) is 25.8 Å². The van der Waals surface area contributed by atoms with Gasteiger partial charge in [0.25, 0.3) is 5.91 Å². The highest BCUT2D eigenvalue weighted by atomic mass is 16.5. The first-order chi connectivity index (χ1) is 13.5. The molecule has 148 valence electrons. The number of fused-ring (bicyclic) bond motifs is 1. The number of carbonyl (C=O) groups is 2. The van der Waals surface area contributed by atoms with E-state index in [0.29, 0.717) is 17.1 Å². The lowest BCUT2D eigenvalue weighted by atomic mass is 9.87. The number of amides is 1. The second-order valence-corrected chi connectivity index (χ2v) is 6.76. The van der Waals surface area contributed by atoms with Gasteiger partial charge in [-0.2, -0.15) is 0 Å². The number of aryl methyl sites for hydroxylation is 1. The van der Waals surface area contributed by atoms with Crippen molar-refractivity contribution in [1.82, 2.24) is 4.90 Å². The number of hydrogen-bond donors (Lipinski definition) is 0. The van der Waals surface area contributed by atoms with Gasteiger partial charge in [0.15, 0.2) is 18.1 Å². The van der Waals surface area contributed by atoms with Gasteiger partial charge in [-0.05, 0) is 48.6 Å². The minimum Gasteiger partial charge on any atom is -0.493 e. The van der Waals surface area contributed by atoms with Crippen LogP contribution in [0.4, 0.5) is 0 Å². The van der Waals surface area contributed by atoms with E-state index in [-0.39, 0.29) is 18.6 Å². The summed E-state index contributed by atoms with van der Waals surface area (Å²) < 4.78 is 15.6. The van der Waals surface area contributed by atoms with Crippen molar-refractivity contribution in [3.8, 4) is 11.5 Å². The quantitative estimate of drug-likeness (QED) is 0.716. The molecule has 0 aliphatic heterocycles. The maximum absolute atomic E-state index is 12.6. The fraction of sp³-hybridized carbons (Fsp3) is 0.364. The lowest BCUT2D eigenvalue weighted by Gasteiger charge is -2.33. The summed E-state index contributed by atoms with van der Waals surface area (Å²) >= 11 is 0. The van der Waals surface area contributed by atoms with Crippen molar-refractivity contribution in [1.29, 1.82) is 0 Å². The van der Waals surface area contributed by atoms with Crippen molar-refractivity contribution in [2.45, 2.75) is 25.3 Å². The summed E-state index contributed by atoms with van der Waals surface area (Å²) in [5.41, 5.74) is 2.76. The first-order valence-electron chi connectivity index (χ1n) is 9.27. The molecular formula is C22H25NO5. The van der Waals surface area contributed by atoms with Crippen LogP contribution in [-0.4, -0.2) is 44.7 Å². The lowest BCUT2D eigenvalue weighted by molar-refractivity contribution is -0.135. The molecule has 3 rings (SSSR count). The van der Waals surface area contributed by atoms with Crippen LogP contribution in [0.5, 0.6) is 11.5 Å². The predicted octanol–water partition coefficient (Wildman–Crippen LogP) is 3.40. The molecule has 1 amide bonds. The van der Waals surface area contributed by atoms with E-state index in [2.05, 4.69) is 12.1 Å². The minimum absolute atomic E-state index is 0.0113. The van der Waals surface area contributed by atoms with Gasteiger partial charge < -0.3 is 19.1 Å². The van der Waals surface area contributed by atoms with Crippen LogP contribution < -0.4 is 9.47 Å². The molecule has 2 aromatic rings. The van der Waals surface area contributed by atoms with Gasteiger partial charge in [-0.25, -0.2) is 4.79 Å². The van der Waals surface area contributed by atoms with Crippen LogP contribution >= 0.6 is 0 Å². The second-order valence-electron chi connectivity index (χ2n) is 6.76. The number of methoxy groups -OCH3 is 2. The Morgan fingerprint density at radius 1 is 1.07 bits per heavy atom. The summed E-state index contributed by atoms with van der Waals surface area (Å²) in [4.78, 5) is 26.6. The zero-order chi connectivity index (χ0) is 20.1. The van der Waals surface area contributed by atoms with Crippen LogP contribution in [-0.2, 0) is 16.0 Å². The molecule has 6 nitrogen and oxygen atoms in total. The normalized spacial score (nSPS) is 15.3. The van der Waals surface area contributed by atoms with E-state index < -0.39 is 5.97 Å². The lowest BCUT2D eigenvalue weighted by Crippen LogP contribution is -2.36. The SMILES string of the molecule is COc1ccc(C(=O)OCC(=O)N(C)C2CCCc3ccccc32)cc1OC. The zero-order valence-corrected chi connectivity index (χ0v) is 16.4. The van der Waals surface area contributed by atoms with E-state index >= 15 is 0 Å². The van der Waals surface area contributed by atoms with Crippen molar-refractivity contribution >= 4 is 11.9 Å². The third-order valence-corrected chi connectivity index (χ3v) is 5.14. The Labute approximate surface area is 165 Å². The molecule has 0 fully saturated rings. The number of nitrogens with zero attached hydrogens (tertiary/aromatic N) is 1. The number of hydrogen-bond acceptors (Lipinski definition) is 5. The molecule has 0 saturated heterocycles. The highest BCUT2D eigenvalue weighted by Crippen LogP contribution is 2.33. The standard InChI is InChI=1S/C22H25NO5/c1-23(18-10-6-8-15-7-4-5-9-17(15)18)21(24)14-28-22(25)16-11-12-19(26-2)20(13-16)27-3/h4-5,7,9,11-13,18H,6,8,10,14H2,1-3H3. The molecular weight excluding hydrogens is 358 g/mol. The van der Waals surface area contributed by atoms with E-state index in [1.165, 1.54) is 31.4 Å². The topological polar surface area (TPSA) is 65.1 Å². The van der Waals surface area contributed by atoms with E-state index in [0.717, 1.165) is 19.3 Å². The molecule has 0 bridgehead atoms. The zero-order valence-electron chi connectivity index (χ0n) is 16.4. The van der Waals surface area contributed by atoms with Crippen LogP contribution in [0.25, 0.3) is 0 Å². The first kappa shape index (κ1) is 19.7. The van der Waals surface area contributed by atoms with Crippen molar-refractivity contribution in [2.24, 2.45) is 0 Å². The van der Waals surface area contributed by atoms with Gasteiger partial charge in [-0.3, -0.25) is 4.79 Å². The molecule has 1 unspecified atom stereocenters. The number of esters is 1. The maximum atomic E-state index is 12.6. The van der Waals surface area contributed by atoms with E-state index in [4.69, 9.17) is 14.2 Å². The van der Waals surface area contributed by atoms with Gasteiger partial charge in [0.2, 0.25) is 0 Å². The number of likely N-dealkylation sites (N-methyl/N-ethyl adjacent to an activating group) is 1. The fourth-order valence-corrected chi connectivity index (χ4v) is 3.58. The summed E-state index contributed by atoms with van der Waals surface area (Å²) in [7, 11) is 4.78. The highest BCUT2D eigenvalue weighted by molar-refractivity contribution is 5.92. The summed E-state index contributed by atoms with van der Waals surface area (Å²) in [5, 5.41) is 0. The molecule has 6 heteroatoms. The Kier molecular flexibility index (Phi) is 6.19. The number of benzene rings is 2. The second kappa shape index (κ2) is 8.78. The van der Waals surface area contributed by atoms with Crippen LogP contribution in [0.1, 0.15) is 40.4 Å². The van der Waals surface area contributed by atoms with Crippen molar-refractivity contribution in [3.05, 3.63) is 59.2 Å².